The van der Waals surface area contributed by atoms with E-state index in [0.717, 1.165) is 11.9 Å². The van der Waals surface area contributed by atoms with Crippen molar-refractivity contribution in [2.24, 2.45) is 0 Å². The van der Waals surface area contributed by atoms with Crippen LogP contribution in [-0.4, -0.2) is 24.2 Å². The molecule has 3 heteroatoms. The molecule has 1 aliphatic rings. The van der Waals surface area contributed by atoms with Crippen molar-refractivity contribution < 1.29 is 4.74 Å². The summed E-state index contributed by atoms with van der Waals surface area (Å²) in [7, 11) is 3.78. The maximum atomic E-state index is 5.38. The SMILES string of the molecule is CSSC1CCOC1C. The van der Waals surface area contributed by atoms with E-state index in [9.17, 15) is 0 Å². The second-order valence-corrected chi connectivity index (χ2v) is 4.87. The fourth-order valence-corrected chi connectivity index (χ4v) is 3.14. The number of hydrogen-bond donors (Lipinski definition) is 0. The van der Waals surface area contributed by atoms with Gasteiger partial charge in [-0.2, -0.15) is 0 Å². The summed E-state index contributed by atoms with van der Waals surface area (Å²) >= 11 is 0. The van der Waals surface area contributed by atoms with Gasteiger partial charge >= 0.3 is 0 Å². The lowest BCUT2D eigenvalue weighted by Gasteiger charge is -2.09. The zero-order chi connectivity index (χ0) is 6.69. The van der Waals surface area contributed by atoms with Crippen molar-refractivity contribution in [3.63, 3.8) is 0 Å². The zero-order valence-electron chi connectivity index (χ0n) is 5.79. The predicted molar refractivity (Wildman–Crippen MR) is 44.9 cm³/mol. The third kappa shape index (κ3) is 2.06. The van der Waals surface area contributed by atoms with Crippen LogP contribution < -0.4 is 0 Å². The van der Waals surface area contributed by atoms with Gasteiger partial charge in [-0.05, 0) is 19.6 Å². The fraction of sp³-hybridized carbons (Fsp3) is 1.00. The molecule has 0 amide bonds. The monoisotopic (exact) mass is 164 g/mol. The summed E-state index contributed by atoms with van der Waals surface area (Å²) in [5.74, 6) is 0. The van der Waals surface area contributed by atoms with Gasteiger partial charge < -0.3 is 4.74 Å². The molecule has 1 rings (SSSR count). The minimum atomic E-state index is 0.474. The fourth-order valence-electron chi connectivity index (χ4n) is 0.962. The van der Waals surface area contributed by atoms with E-state index >= 15 is 0 Å². The third-order valence-corrected chi connectivity index (χ3v) is 3.90. The Morgan fingerprint density at radius 2 is 2.33 bits per heavy atom. The Balaban J connectivity index is 2.22. The topological polar surface area (TPSA) is 9.23 Å². The highest BCUT2D eigenvalue weighted by Crippen LogP contribution is 2.32. The lowest BCUT2D eigenvalue weighted by molar-refractivity contribution is 0.127. The Kier molecular flexibility index (Phi) is 3.22. The third-order valence-electron chi connectivity index (χ3n) is 1.53. The van der Waals surface area contributed by atoms with E-state index in [1.54, 1.807) is 0 Å². The first kappa shape index (κ1) is 7.76. The van der Waals surface area contributed by atoms with Crippen molar-refractivity contribution in [3.05, 3.63) is 0 Å². The van der Waals surface area contributed by atoms with Gasteiger partial charge in [-0.25, -0.2) is 0 Å². The second kappa shape index (κ2) is 3.74. The molecular formula is C6H12OS2. The first-order valence-corrected chi connectivity index (χ1v) is 5.78. The molecule has 0 spiro atoms. The molecule has 0 aromatic rings. The summed E-state index contributed by atoms with van der Waals surface area (Å²) in [6, 6.07) is 0. The first-order chi connectivity index (χ1) is 4.34. The molecular weight excluding hydrogens is 152 g/mol. The van der Waals surface area contributed by atoms with E-state index in [4.69, 9.17) is 4.74 Å². The van der Waals surface area contributed by atoms with Gasteiger partial charge in [-0.3, -0.25) is 0 Å². The van der Waals surface area contributed by atoms with E-state index < -0.39 is 0 Å². The summed E-state index contributed by atoms with van der Waals surface area (Å²) in [5, 5.41) is 0.736. The highest BCUT2D eigenvalue weighted by Gasteiger charge is 2.23. The van der Waals surface area contributed by atoms with E-state index in [2.05, 4.69) is 13.2 Å². The van der Waals surface area contributed by atoms with Gasteiger partial charge in [0.15, 0.2) is 0 Å². The summed E-state index contributed by atoms with van der Waals surface area (Å²) in [6.45, 7) is 3.11. The lowest BCUT2D eigenvalue weighted by atomic mass is 10.3. The van der Waals surface area contributed by atoms with Crippen LogP contribution in [0.1, 0.15) is 13.3 Å². The van der Waals surface area contributed by atoms with Crippen molar-refractivity contribution in [2.45, 2.75) is 24.7 Å². The molecule has 9 heavy (non-hydrogen) atoms. The molecule has 54 valence electrons. The summed E-state index contributed by atoms with van der Waals surface area (Å²) in [6.07, 6.45) is 3.82. The van der Waals surface area contributed by atoms with Crippen LogP contribution in [0.25, 0.3) is 0 Å². The second-order valence-electron chi connectivity index (χ2n) is 2.17. The van der Waals surface area contributed by atoms with Crippen molar-refractivity contribution in [1.29, 1.82) is 0 Å². The summed E-state index contributed by atoms with van der Waals surface area (Å²) in [4.78, 5) is 0. The predicted octanol–water partition coefficient (Wildman–Crippen LogP) is 2.17. The van der Waals surface area contributed by atoms with Crippen LogP contribution in [0.5, 0.6) is 0 Å². The molecule has 0 aliphatic carbocycles. The molecule has 0 saturated carbocycles. The molecule has 0 aromatic carbocycles. The maximum absolute atomic E-state index is 5.38. The van der Waals surface area contributed by atoms with Gasteiger partial charge in [0, 0.05) is 11.9 Å². The van der Waals surface area contributed by atoms with Crippen LogP contribution in [0.15, 0.2) is 0 Å². The quantitative estimate of drug-likeness (QED) is 0.579. The summed E-state index contributed by atoms with van der Waals surface area (Å²) < 4.78 is 5.38. The van der Waals surface area contributed by atoms with Gasteiger partial charge in [-0.15, -0.1) is 0 Å². The molecule has 1 aliphatic heterocycles. The molecule has 1 nitrogen and oxygen atoms in total. The van der Waals surface area contributed by atoms with Gasteiger partial charge in [0.1, 0.15) is 0 Å². The standard InChI is InChI=1S/C6H12OS2/c1-5-6(9-8-2)3-4-7-5/h5-6H,3-4H2,1-2H3. The first-order valence-electron chi connectivity index (χ1n) is 3.15. The van der Waals surface area contributed by atoms with Crippen LogP contribution in [0, 0.1) is 0 Å². The van der Waals surface area contributed by atoms with E-state index in [1.165, 1.54) is 6.42 Å². The van der Waals surface area contributed by atoms with Gasteiger partial charge in [0.05, 0.1) is 6.10 Å². The smallest absolute Gasteiger partial charge is 0.0674 e. The van der Waals surface area contributed by atoms with E-state index in [0.29, 0.717) is 6.10 Å². The minimum absolute atomic E-state index is 0.474. The molecule has 0 aromatic heterocycles. The largest absolute Gasteiger partial charge is 0.377 e. The van der Waals surface area contributed by atoms with Crippen LogP contribution in [0.2, 0.25) is 0 Å². The average molecular weight is 164 g/mol. The molecule has 0 bridgehead atoms. The van der Waals surface area contributed by atoms with Gasteiger partial charge in [0.2, 0.25) is 0 Å². The van der Waals surface area contributed by atoms with Crippen LogP contribution in [-0.2, 0) is 4.74 Å². The van der Waals surface area contributed by atoms with Gasteiger partial charge in [0.25, 0.3) is 0 Å². The molecule has 1 heterocycles. The Labute approximate surface area is 64.3 Å². The molecule has 0 radical (unpaired) electrons. The highest BCUT2D eigenvalue weighted by atomic mass is 33.1. The molecule has 2 unspecified atom stereocenters. The molecule has 2 atom stereocenters. The number of rotatable bonds is 2. The van der Waals surface area contributed by atoms with Crippen molar-refractivity contribution in [1.82, 2.24) is 0 Å². The Hall–Kier alpha value is 0.660. The van der Waals surface area contributed by atoms with Crippen LogP contribution in [0.4, 0.5) is 0 Å². The van der Waals surface area contributed by atoms with E-state index in [1.807, 2.05) is 21.6 Å². The minimum Gasteiger partial charge on any atom is -0.377 e. The number of ether oxygens (including phenoxy) is 1. The van der Waals surface area contributed by atoms with Crippen LogP contribution >= 0.6 is 21.6 Å². The van der Waals surface area contributed by atoms with Crippen LogP contribution in [0.3, 0.4) is 0 Å². The molecule has 0 N–H and O–H groups in total. The summed E-state index contributed by atoms with van der Waals surface area (Å²) in [5.41, 5.74) is 0. The maximum Gasteiger partial charge on any atom is 0.0674 e. The normalized spacial score (nSPS) is 35.3. The van der Waals surface area contributed by atoms with Crippen molar-refractivity contribution in [3.8, 4) is 0 Å². The molecule has 1 saturated heterocycles. The Morgan fingerprint density at radius 1 is 1.56 bits per heavy atom. The lowest BCUT2D eigenvalue weighted by Crippen LogP contribution is -2.11. The highest BCUT2D eigenvalue weighted by molar-refractivity contribution is 8.76. The zero-order valence-corrected chi connectivity index (χ0v) is 7.43. The van der Waals surface area contributed by atoms with Crippen molar-refractivity contribution >= 4 is 21.6 Å². The Bertz CT molecular complexity index is 87.1. The van der Waals surface area contributed by atoms with E-state index in [-0.39, 0.29) is 0 Å². The Morgan fingerprint density at radius 3 is 2.78 bits per heavy atom. The molecule has 1 fully saturated rings. The van der Waals surface area contributed by atoms with Crippen molar-refractivity contribution in [2.75, 3.05) is 12.9 Å². The van der Waals surface area contributed by atoms with Gasteiger partial charge in [-0.1, -0.05) is 21.6 Å². The number of hydrogen-bond acceptors (Lipinski definition) is 3. The average Bonchev–Trinajstić information content (AvgIpc) is 2.18.